The molecule has 0 aliphatic rings. The van der Waals surface area contributed by atoms with Gasteiger partial charge in [0, 0.05) is 19.6 Å². The van der Waals surface area contributed by atoms with Crippen molar-refractivity contribution in [2.75, 3.05) is 33.9 Å². The van der Waals surface area contributed by atoms with E-state index in [-0.39, 0.29) is 13.0 Å². The van der Waals surface area contributed by atoms with Gasteiger partial charge in [0.15, 0.2) is 0 Å². The lowest BCUT2D eigenvalue weighted by molar-refractivity contribution is -0.177. The number of ether oxygens (including phenoxy) is 3. The highest BCUT2D eigenvalue weighted by Crippen LogP contribution is 2.00. The summed E-state index contributed by atoms with van der Waals surface area (Å²) in [6.07, 6.45) is 0.267. The van der Waals surface area contributed by atoms with E-state index in [1.54, 1.807) is 19.0 Å². The van der Waals surface area contributed by atoms with Crippen molar-refractivity contribution in [2.24, 2.45) is 0 Å². The number of carbonyl (C=O) groups excluding carboxylic acids is 3. The minimum absolute atomic E-state index is 0.0136. The SMILES string of the molecule is CCCOCC(CN(C)C)OC(=O)C(=O)OC(=O)CC. The molecule has 0 radical (unpaired) electrons. The normalized spacial score (nSPS) is 12.1. The predicted octanol–water partition coefficient (Wildman–Crippen LogP) is 0.366. The fraction of sp³-hybridized carbons (Fsp3) is 0.769. The molecule has 0 bridgehead atoms. The number of nitrogens with zero attached hydrogens (tertiary/aromatic N) is 1. The molecule has 0 fully saturated rings. The van der Waals surface area contributed by atoms with Crippen LogP contribution < -0.4 is 0 Å². The van der Waals surface area contributed by atoms with Gasteiger partial charge in [0.1, 0.15) is 6.10 Å². The Morgan fingerprint density at radius 3 is 2.25 bits per heavy atom. The predicted molar refractivity (Wildman–Crippen MR) is 70.9 cm³/mol. The lowest BCUT2D eigenvalue weighted by atomic mass is 10.3. The molecule has 0 heterocycles. The first-order valence-corrected chi connectivity index (χ1v) is 6.58. The van der Waals surface area contributed by atoms with Crippen LogP contribution >= 0.6 is 0 Å². The van der Waals surface area contributed by atoms with Crippen molar-refractivity contribution < 1.29 is 28.6 Å². The highest BCUT2D eigenvalue weighted by atomic mass is 16.6. The van der Waals surface area contributed by atoms with Gasteiger partial charge in [0.2, 0.25) is 0 Å². The maximum absolute atomic E-state index is 11.5. The zero-order valence-electron chi connectivity index (χ0n) is 12.5. The fourth-order valence-electron chi connectivity index (χ4n) is 1.31. The van der Waals surface area contributed by atoms with E-state index in [1.165, 1.54) is 6.92 Å². The Bertz CT molecular complexity index is 329. The Morgan fingerprint density at radius 1 is 1.10 bits per heavy atom. The van der Waals surface area contributed by atoms with Crippen LogP contribution in [0.2, 0.25) is 0 Å². The summed E-state index contributed by atoms with van der Waals surface area (Å²) in [6, 6.07) is 0. The van der Waals surface area contributed by atoms with Crippen molar-refractivity contribution in [3.05, 3.63) is 0 Å². The molecule has 20 heavy (non-hydrogen) atoms. The van der Waals surface area contributed by atoms with E-state index in [1.807, 2.05) is 6.92 Å². The smallest absolute Gasteiger partial charge is 0.425 e. The van der Waals surface area contributed by atoms with Crippen molar-refractivity contribution in [1.29, 1.82) is 0 Å². The van der Waals surface area contributed by atoms with Crippen molar-refractivity contribution in [3.63, 3.8) is 0 Å². The molecule has 0 aromatic heterocycles. The summed E-state index contributed by atoms with van der Waals surface area (Å²) in [4.78, 5) is 35.5. The molecule has 1 atom stereocenters. The van der Waals surface area contributed by atoms with E-state index in [2.05, 4.69) is 4.74 Å². The molecule has 7 heteroatoms. The number of rotatable bonds is 8. The van der Waals surface area contributed by atoms with Gasteiger partial charge in [0.25, 0.3) is 0 Å². The van der Waals surface area contributed by atoms with Gasteiger partial charge in [-0.2, -0.15) is 0 Å². The minimum atomic E-state index is -1.30. The minimum Gasteiger partial charge on any atom is -0.450 e. The standard InChI is InChI=1S/C13H23NO6/c1-5-7-18-9-10(8-14(3)4)19-12(16)13(17)20-11(15)6-2/h10H,5-9H2,1-4H3. The van der Waals surface area contributed by atoms with Gasteiger partial charge < -0.3 is 19.1 Å². The molecule has 0 amide bonds. The average molecular weight is 289 g/mol. The first-order valence-electron chi connectivity index (χ1n) is 6.58. The maximum Gasteiger partial charge on any atom is 0.425 e. The summed E-state index contributed by atoms with van der Waals surface area (Å²) < 4.78 is 14.6. The molecular weight excluding hydrogens is 266 g/mol. The molecule has 0 aromatic rings. The van der Waals surface area contributed by atoms with E-state index in [0.717, 1.165) is 6.42 Å². The fourth-order valence-corrected chi connectivity index (χ4v) is 1.31. The van der Waals surface area contributed by atoms with Crippen LogP contribution in [0.4, 0.5) is 0 Å². The quantitative estimate of drug-likeness (QED) is 0.276. The highest BCUT2D eigenvalue weighted by Gasteiger charge is 2.25. The van der Waals surface area contributed by atoms with Crippen LogP contribution in [0, 0.1) is 0 Å². The first kappa shape index (κ1) is 18.5. The molecular formula is C13H23NO6. The lowest BCUT2D eigenvalue weighted by Crippen LogP contribution is -2.37. The number of carbonyl (C=O) groups is 3. The summed E-state index contributed by atoms with van der Waals surface area (Å²) in [5.74, 6) is -3.24. The second-order valence-electron chi connectivity index (χ2n) is 4.48. The number of likely N-dealkylation sites (N-methyl/N-ethyl adjacent to an activating group) is 1. The van der Waals surface area contributed by atoms with E-state index in [9.17, 15) is 14.4 Å². The van der Waals surface area contributed by atoms with E-state index >= 15 is 0 Å². The van der Waals surface area contributed by atoms with E-state index in [0.29, 0.717) is 13.2 Å². The monoisotopic (exact) mass is 289 g/mol. The van der Waals surface area contributed by atoms with Crippen molar-refractivity contribution in [3.8, 4) is 0 Å². The molecule has 1 unspecified atom stereocenters. The first-order chi connectivity index (χ1) is 9.40. The molecule has 0 aliphatic carbocycles. The van der Waals surface area contributed by atoms with E-state index in [4.69, 9.17) is 9.47 Å². The average Bonchev–Trinajstić information content (AvgIpc) is 2.37. The largest absolute Gasteiger partial charge is 0.450 e. The van der Waals surface area contributed by atoms with Crippen LogP contribution in [-0.2, 0) is 28.6 Å². The summed E-state index contributed by atoms with van der Waals surface area (Å²) in [5, 5.41) is 0. The van der Waals surface area contributed by atoms with Gasteiger partial charge in [-0.25, -0.2) is 9.59 Å². The maximum atomic E-state index is 11.5. The van der Waals surface area contributed by atoms with Crippen LogP contribution in [0.3, 0.4) is 0 Å². The Kier molecular flexibility index (Phi) is 9.57. The van der Waals surface area contributed by atoms with Crippen molar-refractivity contribution in [1.82, 2.24) is 4.90 Å². The molecule has 0 saturated carbocycles. The molecule has 0 N–H and O–H groups in total. The Balaban J connectivity index is 4.35. The Labute approximate surface area is 119 Å². The highest BCUT2D eigenvalue weighted by molar-refractivity contribution is 6.31. The molecule has 0 saturated heterocycles. The van der Waals surface area contributed by atoms with Crippen LogP contribution in [-0.4, -0.2) is 62.8 Å². The van der Waals surface area contributed by atoms with Crippen molar-refractivity contribution >= 4 is 17.9 Å². The molecule has 0 rings (SSSR count). The molecule has 116 valence electrons. The second kappa shape index (κ2) is 10.3. The topological polar surface area (TPSA) is 82.1 Å². The Hall–Kier alpha value is -1.47. The third-order valence-corrected chi connectivity index (χ3v) is 2.16. The van der Waals surface area contributed by atoms with Crippen LogP contribution in [0.15, 0.2) is 0 Å². The molecule has 0 aromatic carbocycles. The summed E-state index contributed by atoms with van der Waals surface area (Å²) in [7, 11) is 3.61. The molecule has 0 aliphatic heterocycles. The lowest BCUT2D eigenvalue weighted by Gasteiger charge is -2.20. The van der Waals surface area contributed by atoms with E-state index < -0.39 is 24.0 Å². The zero-order chi connectivity index (χ0) is 15.5. The summed E-state index contributed by atoms with van der Waals surface area (Å²) >= 11 is 0. The number of esters is 3. The third kappa shape index (κ3) is 8.60. The van der Waals surface area contributed by atoms with Crippen LogP contribution in [0.25, 0.3) is 0 Å². The number of hydrogen-bond donors (Lipinski definition) is 0. The van der Waals surface area contributed by atoms with Gasteiger partial charge in [-0.3, -0.25) is 4.79 Å². The summed E-state index contributed by atoms with van der Waals surface area (Å²) in [5.41, 5.74) is 0. The number of hydrogen-bond acceptors (Lipinski definition) is 7. The van der Waals surface area contributed by atoms with Crippen LogP contribution in [0.1, 0.15) is 26.7 Å². The third-order valence-electron chi connectivity index (χ3n) is 2.16. The van der Waals surface area contributed by atoms with Crippen molar-refractivity contribution in [2.45, 2.75) is 32.8 Å². The molecule has 7 nitrogen and oxygen atoms in total. The van der Waals surface area contributed by atoms with Crippen LogP contribution in [0.5, 0.6) is 0 Å². The van der Waals surface area contributed by atoms with Gasteiger partial charge in [0.05, 0.1) is 6.61 Å². The van der Waals surface area contributed by atoms with Gasteiger partial charge in [-0.05, 0) is 20.5 Å². The van der Waals surface area contributed by atoms with Gasteiger partial charge >= 0.3 is 17.9 Å². The second-order valence-corrected chi connectivity index (χ2v) is 4.48. The zero-order valence-corrected chi connectivity index (χ0v) is 12.5. The molecule has 0 spiro atoms. The van der Waals surface area contributed by atoms with Gasteiger partial charge in [-0.1, -0.05) is 13.8 Å². The summed E-state index contributed by atoms with van der Waals surface area (Å²) in [6.45, 7) is 4.62. The Morgan fingerprint density at radius 2 is 1.75 bits per heavy atom. The van der Waals surface area contributed by atoms with Gasteiger partial charge in [-0.15, -0.1) is 0 Å².